The third-order valence-corrected chi connectivity index (χ3v) is 2.40. The van der Waals surface area contributed by atoms with Crippen molar-refractivity contribution in [3.63, 3.8) is 0 Å². The van der Waals surface area contributed by atoms with E-state index in [-0.39, 0.29) is 0 Å². The molecule has 3 heteroatoms. The summed E-state index contributed by atoms with van der Waals surface area (Å²) in [5.74, 6) is -0.0146. The Morgan fingerprint density at radius 3 is 2.29 bits per heavy atom. The maximum Gasteiger partial charge on any atom is 0.303 e. The van der Waals surface area contributed by atoms with Crippen LogP contribution in [0.2, 0.25) is 0 Å². The summed E-state index contributed by atoms with van der Waals surface area (Å²) < 4.78 is 0. The van der Waals surface area contributed by atoms with Gasteiger partial charge in [0.1, 0.15) is 0 Å². The molecule has 0 saturated carbocycles. The van der Waals surface area contributed by atoms with Crippen LogP contribution in [0.5, 0.6) is 0 Å². The molecule has 0 amide bonds. The summed E-state index contributed by atoms with van der Waals surface area (Å²) in [6.07, 6.45) is 3.21. The average molecular weight is 201 g/mol. The molecular formula is C11H23NO2. The van der Waals surface area contributed by atoms with Gasteiger partial charge in [-0.15, -0.1) is 0 Å². The van der Waals surface area contributed by atoms with Gasteiger partial charge >= 0.3 is 5.97 Å². The molecule has 1 N–H and O–H groups in total. The van der Waals surface area contributed by atoms with Crippen LogP contribution in [0.4, 0.5) is 0 Å². The van der Waals surface area contributed by atoms with Gasteiger partial charge in [0.15, 0.2) is 0 Å². The van der Waals surface area contributed by atoms with Crippen LogP contribution in [-0.2, 0) is 4.79 Å². The molecule has 0 fully saturated rings. The summed E-state index contributed by atoms with van der Waals surface area (Å²) in [6, 6.07) is 0.523. The van der Waals surface area contributed by atoms with E-state index in [1.165, 1.54) is 0 Å². The Hall–Kier alpha value is -0.570. The van der Waals surface area contributed by atoms with E-state index in [1.54, 1.807) is 0 Å². The van der Waals surface area contributed by atoms with E-state index in [1.807, 2.05) is 0 Å². The van der Waals surface area contributed by atoms with Crippen molar-refractivity contribution in [3.8, 4) is 0 Å². The first-order valence-electron chi connectivity index (χ1n) is 5.31. The predicted molar refractivity (Wildman–Crippen MR) is 58.4 cm³/mol. The normalized spacial score (nSPS) is 13.6. The molecule has 84 valence electrons. The molecule has 0 aliphatic carbocycles. The maximum absolute atomic E-state index is 10.4. The SMILES string of the molecule is CC(C)CC(CCCC(=O)O)N(C)C. The van der Waals surface area contributed by atoms with Crippen LogP contribution in [0.25, 0.3) is 0 Å². The first-order valence-corrected chi connectivity index (χ1v) is 5.31. The van der Waals surface area contributed by atoms with Crippen molar-refractivity contribution in [2.75, 3.05) is 14.1 Å². The van der Waals surface area contributed by atoms with Gasteiger partial charge in [0.2, 0.25) is 0 Å². The van der Waals surface area contributed by atoms with Crippen molar-refractivity contribution in [3.05, 3.63) is 0 Å². The number of nitrogens with zero attached hydrogens (tertiary/aromatic N) is 1. The quantitative estimate of drug-likeness (QED) is 0.686. The van der Waals surface area contributed by atoms with E-state index in [0.29, 0.717) is 18.4 Å². The van der Waals surface area contributed by atoms with Crippen molar-refractivity contribution in [2.24, 2.45) is 5.92 Å². The lowest BCUT2D eigenvalue weighted by Gasteiger charge is -2.25. The molecule has 0 bridgehead atoms. The fourth-order valence-corrected chi connectivity index (χ4v) is 1.62. The predicted octanol–water partition coefficient (Wildman–Crippen LogP) is 2.22. The smallest absolute Gasteiger partial charge is 0.303 e. The molecule has 1 unspecified atom stereocenters. The van der Waals surface area contributed by atoms with Gasteiger partial charge in [0.25, 0.3) is 0 Å². The summed E-state index contributed by atoms with van der Waals surface area (Å²) in [5, 5.41) is 8.53. The zero-order valence-electron chi connectivity index (χ0n) is 9.79. The molecule has 0 aromatic heterocycles. The topological polar surface area (TPSA) is 40.5 Å². The lowest BCUT2D eigenvalue weighted by Crippen LogP contribution is -2.29. The Morgan fingerprint density at radius 2 is 1.93 bits per heavy atom. The second-order valence-electron chi connectivity index (χ2n) is 4.53. The maximum atomic E-state index is 10.4. The number of hydrogen-bond acceptors (Lipinski definition) is 2. The van der Waals surface area contributed by atoms with Gasteiger partial charge < -0.3 is 10.0 Å². The number of carbonyl (C=O) groups is 1. The van der Waals surface area contributed by atoms with Crippen molar-refractivity contribution >= 4 is 5.97 Å². The van der Waals surface area contributed by atoms with Gasteiger partial charge in [-0.1, -0.05) is 13.8 Å². The van der Waals surface area contributed by atoms with Crippen LogP contribution in [-0.4, -0.2) is 36.1 Å². The largest absolute Gasteiger partial charge is 0.481 e. The third-order valence-electron chi connectivity index (χ3n) is 2.40. The number of carboxylic acids is 1. The third kappa shape index (κ3) is 6.89. The van der Waals surface area contributed by atoms with Gasteiger partial charge in [-0.3, -0.25) is 4.79 Å². The summed E-state index contributed by atoms with van der Waals surface area (Å²) in [4.78, 5) is 12.6. The van der Waals surface area contributed by atoms with Crippen molar-refractivity contribution in [2.45, 2.75) is 45.6 Å². The molecule has 0 radical (unpaired) electrons. The van der Waals surface area contributed by atoms with Gasteiger partial charge in [-0.25, -0.2) is 0 Å². The number of carboxylic acid groups (broad SMARTS) is 1. The van der Waals surface area contributed by atoms with E-state index >= 15 is 0 Å². The fourth-order valence-electron chi connectivity index (χ4n) is 1.62. The Bertz CT molecular complexity index is 167. The number of rotatable bonds is 7. The van der Waals surface area contributed by atoms with Crippen LogP contribution < -0.4 is 0 Å². The van der Waals surface area contributed by atoms with Crippen LogP contribution in [0.1, 0.15) is 39.5 Å². The standard InChI is InChI=1S/C11H23NO2/c1-9(2)8-10(12(3)4)6-5-7-11(13)14/h9-10H,5-8H2,1-4H3,(H,13,14). The second-order valence-corrected chi connectivity index (χ2v) is 4.53. The first kappa shape index (κ1) is 13.4. The van der Waals surface area contributed by atoms with Crippen molar-refractivity contribution in [1.82, 2.24) is 4.90 Å². The molecular weight excluding hydrogens is 178 g/mol. The highest BCUT2D eigenvalue weighted by molar-refractivity contribution is 5.66. The minimum Gasteiger partial charge on any atom is -0.481 e. The molecule has 1 atom stereocenters. The Kier molecular flexibility index (Phi) is 6.54. The van der Waals surface area contributed by atoms with E-state index in [2.05, 4.69) is 32.8 Å². The Morgan fingerprint density at radius 1 is 1.36 bits per heavy atom. The van der Waals surface area contributed by atoms with Gasteiger partial charge in [0.05, 0.1) is 0 Å². The van der Waals surface area contributed by atoms with Crippen LogP contribution in [0, 0.1) is 5.92 Å². The van der Waals surface area contributed by atoms with E-state index in [4.69, 9.17) is 5.11 Å². The highest BCUT2D eigenvalue weighted by Gasteiger charge is 2.13. The minimum atomic E-state index is -0.688. The number of aliphatic carboxylic acids is 1. The molecule has 0 aliphatic rings. The zero-order chi connectivity index (χ0) is 11.1. The second kappa shape index (κ2) is 6.82. The Balaban J connectivity index is 3.79. The molecule has 0 aliphatic heterocycles. The highest BCUT2D eigenvalue weighted by Crippen LogP contribution is 2.14. The minimum absolute atomic E-state index is 0.294. The molecule has 0 rings (SSSR count). The molecule has 0 saturated heterocycles. The molecule has 0 heterocycles. The summed E-state index contributed by atoms with van der Waals surface area (Å²) in [6.45, 7) is 4.40. The molecule has 0 aromatic carbocycles. The number of hydrogen-bond donors (Lipinski definition) is 1. The average Bonchev–Trinajstić information content (AvgIpc) is 2.00. The van der Waals surface area contributed by atoms with Crippen LogP contribution in [0.15, 0.2) is 0 Å². The molecule has 0 aromatic rings. The Labute approximate surface area is 87.1 Å². The van der Waals surface area contributed by atoms with E-state index in [0.717, 1.165) is 19.3 Å². The summed E-state index contributed by atoms with van der Waals surface area (Å²) >= 11 is 0. The van der Waals surface area contributed by atoms with Crippen molar-refractivity contribution in [1.29, 1.82) is 0 Å². The lowest BCUT2D eigenvalue weighted by molar-refractivity contribution is -0.137. The van der Waals surface area contributed by atoms with Crippen molar-refractivity contribution < 1.29 is 9.90 Å². The molecule has 14 heavy (non-hydrogen) atoms. The monoisotopic (exact) mass is 201 g/mol. The van der Waals surface area contributed by atoms with Gasteiger partial charge in [0, 0.05) is 12.5 Å². The fraction of sp³-hybridized carbons (Fsp3) is 0.909. The van der Waals surface area contributed by atoms with E-state index < -0.39 is 5.97 Å². The molecule has 0 spiro atoms. The van der Waals surface area contributed by atoms with Crippen LogP contribution in [0.3, 0.4) is 0 Å². The summed E-state index contributed by atoms with van der Waals surface area (Å²) in [5.41, 5.74) is 0. The van der Waals surface area contributed by atoms with Gasteiger partial charge in [-0.05, 0) is 39.3 Å². The van der Waals surface area contributed by atoms with E-state index in [9.17, 15) is 4.79 Å². The lowest BCUT2D eigenvalue weighted by atomic mass is 9.98. The van der Waals surface area contributed by atoms with Gasteiger partial charge in [-0.2, -0.15) is 0 Å². The molecule has 3 nitrogen and oxygen atoms in total. The highest BCUT2D eigenvalue weighted by atomic mass is 16.4. The first-order chi connectivity index (χ1) is 6.43. The summed E-state index contributed by atoms with van der Waals surface area (Å²) in [7, 11) is 4.13. The van der Waals surface area contributed by atoms with Crippen LogP contribution >= 0.6 is 0 Å². The zero-order valence-corrected chi connectivity index (χ0v) is 9.79.